The maximum atomic E-state index is 11.2. The fourth-order valence-corrected chi connectivity index (χ4v) is 3.73. The van der Waals surface area contributed by atoms with Crippen LogP contribution in [0, 0.1) is 0 Å². The predicted molar refractivity (Wildman–Crippen MR) is 91.0 cm³/mol. The van der Waals surface area contributed by atoms with E-state index >= 15 is 0 Å². The van der Waals surface area contributed by atoms with E-state index in [1.165, 1.54) is 43.9 Å². The van der Waals surface area contributed by atoms with Gasteiger partial charge in [0.15, 0.2) is 9.84 Å². The zero-order chi connectivity index (χ0) is 15.6. The molecule has 1 N–H and O–H groups in total. The van der Waals surface area contributed by atoms with Gasteiger partial charge in [-0.25, -0.2) is 8.42 Å². The van der Waals surface area contributed by atoms with Crippen LogP contribution in [0.2, 0.25) is 0 Å². The zero-order valence-corrected chi connectivity index (χ0v) is 14.5. The first-order chi connectivity index (χ1) is 10.0. The first kappa shape index (κ1) is 18.4. The molecule has 21 heavy (non-hydrogen) atoms. The summed E-state index contributed by atoms with van der Waals surface area (Å²) in [5, 5.41) is 4.43. The molecule has 122 valence electrons. The number of thiocarbonyl (C=S) groups is 1. The van der Waals surface area contributed by atoms with Gasteiger partial charge in [-0.15, -0.1) is 0 Å². The summed E-state index contributed by atoms with van der Waals surface area (Å²) in [6.45, 7) is 2.83. The van der Waals surface area contributed by atoms with Crippen molar-refractivity contribution in [3.05, 3.63) is 11.5 Å². The van der Waals surface area contributed by atoms with Crippen LogP contribution in [0.25, 0.3) is 0 Å². The highest BCUT2D eigenvalue weighted by Crippen LogP contribution is 2.09. The Morgan fingerprint density at radius 3 is 2.38 bits per heavy atom. The third kappa shape index (κ3) is 9.09. The van der Waals surface area contributed by atoms with Crippen LogP contribution >= 0.6 is 12.2 Å². The van der Waals surface area contributed by atoms with Crippen molar-refractivity contribution in [3.8, 4) is 0 Å². The van der Waals surface area contributed by atoms with Gasteiger partial charge < -0.3 is 10.1 Å². The van der Waals surface area contributed by atoms with Crippen LogP contribution in [-0.4, -0.2) is 32.0 Å². The van der Waals surface area contributed by atoms with E-state index in [2.05, 4.69) is 12.2 Å². The maximum Gasteiger partial charge on any atom is 0.257 e. The Bertz CT molecular complexity index is 432. The van der Waals surface area contributed by atoms with Gasteiger partial charge in [0.1, 0.15) is 0 Å². The Morgan fingerprint density at radius 1 is 1.19 bits per heavy atom. The highest BCUT2D eigenvalue weighted by atomic mass is 32.2. The van der Waals surface area contributed by atoms with Crippen molar-refractivity contribution in [2.45, 2.75) is 64.3 Å². The smallest absolute Gasteiger partial charge is 0.257 e. The van der Waals surface area contributed by atoms with E-state index in [1.54, 1.807) is 6.08 Å². The van der Waals surface area contributed by atoms with E-state index in [0.29, 0.717) is 11.8 Å². The second-order valence-electron chi connectivity index (χ2n) is 5.52. The Balaban J connectivity index is 1.94. The minimum Gasteiger partial charge on any atom is -0.471 e. The molecule has 6 heteroatoms. The van der Waals surface area contributed by atoms with Gasteiger partial charge in [0.05, 0.1) is 18.4 Å². The quantitative estimate of drug-likeness (QED) is 0.491. The van der Waals surface area contributed by atoms with Crippen molar-refractivity contribution in [2.24, 2.45) is 0 Å². The molecule has 0 aromatic rings. The fourth-order valence-electron chi connectivity index (χ4n) is 2.26. The third-order valence-electron chi connectivity index (χ3n) is 3.46. The van der Waals surface area contributed by atoms with Crippen LogP contribution in [-0.2, 0) is 14.6 Å². The van der Waals surface area contributed by atoms with Crippen molar-refractivity contribution in [1.82, 2.24) is 5.32 Å². The number of unbranched alkanes of at least 4 members (excludes halogenated alkanes) is 7. The van der Waals surface area contributed by atoms with E-state index in [1.807, 2.05) is 0 Å². The van der Waals surface area contributed by atoms with E-state index in [4.69, 9.17) is 17.0 Å². The van der Waals surface area contributed by atoms with E-state index < -0.39 is 9.84 Å². The standard InChI is InChI=1S/C15H27NO3S2/c1-2-3-4-5-6-7-8-9-11-19-15(20)16-14-10-12-21(17,18)13-14/h10,12,14H,2-9,11,13H2,1H3,(H,16,20). The molecule has 0 amide bonds. The van der Waals surface area contributed by atoms with Gasteiger partial charge in [-0.3, -0.25) is 0 Å². The summed E-state index contributed by atoms with van der Waals surface area (Å²) in [5.41, 5.74) is 0. The summed E-state index contributed by atoms with van der Waals surface area (Å²) >= 11 is 5.05. The average Bonchev–Trinajstić information content (AvgIpc) is 2.76. The van der Waals surface area contributed by atoms with Gasteiger partial charge in [0.2, 0.25) is 0 Å². The average molecular weight is 334 g/mol. The molecule has 0 saturated heterocycles. The highest BCUT2D eigenvalue weighted by molar-refractivity contribution is 7.94. The number of rotatable bonds is 10. The minimum atomic E-state index is -3.04. The van der Waals surface area contributed by atoms with Crippen molar-refractivity contribution < 1.29 is 13.2 Å². The van der Waals surface area contributed by atoms with Crippen LogP contribution in [0.5, 0.6) is 0 Å². The summed E-state index contributed by atoms with van der Waals surface area (Å²) in [5.74, 6) is 0.0637. The van der Waals surface area contributed by atoms with E-state index in [-0.39, 0.29) is 11.8 Å². The Hall–Kier alpha value is -0.620. The molecule has 1 unspecified atom stereocenters. The molecule has 1 rings (SSSR count). The highest BCUT2D eigenvalue weighted by Gasteiger charge is 2.22. The Morgan fingerprint density at radius 2 is 1.81 bits per heavy atom. The van der Waals surface area contributed by atoms with Crippen LogP contribution in [0.3, 0.4) is 0 Å². The Labute approximate surface area is 134 Å². The number of sulfone groups is 1. The van der Waals surface area contributed by atoms with Crippen molar-refractivity contribution >= 4 is 27.2 Å². The molecule has 4 nitrogen and oxygen atoms in total. The lowest BCUT2D eigenvalue weighted by atomic mass is 10.1. The molecule has 1 atom stereocenters. The largest absolute Gasteiger partial charge is 0.471 e. The van der Waals surface area contributed by atoms with Gasteiger partial charge >= 0.3 is 0 Å². The minimum absolute atomic E-state index is 0.0637. The molecule has 1 aliphatic heterocycles. The molecule has 0 fully saturated rings. The molecule has 0 aliphatic carbocycles. The summed E-state index contributed by atoms with van der Waals surface area (Å²) in [4.78, 5) is 0. The lowest BCUT2D eigenvalue weighted by molar-refractivity contribution is 0.285. The van der Waals surface area contributed by atoms with Gasteiger partial charge in [-0.05, 0) is 24.7 Å². The summed E-state index contributed by atoms with van der Waals surface area (Å²) < 4.78 is 27.9. The summed E-state index contributed by atoms with van der Waals surface area (Å²) in [6.07, 6.45) is 11.6. The van der Waals surface area contributed by atoms with E-state index in [9.17, 15) is 8.42 Å². The molecule has 0 aromatic carbocycles. The molecule has 1 aliphatic rings. The van der Waals surface area contributed by atoms with Crippen LogP contribution < -0.4 is 5.32 Å². The predicted octanol–water partition coefficient (Wildman–Crippen LogP) is 3.33. The normalized spacial score (nSPS) is 19.6. The Kier molecular flexibility index (Phi) is 8.92. The van der Waals surface area contributed by atoms with E-state index in [0.717, 1.165) is 12.8 Å². The second kappa shape index (κ2) is 10.2. The first-order valence-electron chi connectivity index (χ1n) is 7.88. The first-order valence-corrected chi connectivity index (χ1v) is 10.00. The number of hydrogen-bond donors (Lipinski definition) is 1. The van der Waals surface area contributed by atoms with Crippen molar-refractivity contribution in [2.75, 3.05) is 12.4 Å². The number of hydrogen-bond acceptors (Lipinski definition) is 4. The van der Waals surface area contributed by atoms with Crippen LogP contribution in [0.1, 0.15) is 58.3 Å². The second-order valence-corrected chi connectivity index (χ2v) is 7.82. The molecular formula is C15H27NO3S2. The SMILES string of the molecule is CCCCCCCCCCOC(=S)NC1C=CS(=O)(=O)C1. The monoisotopic (exact) mass is 333 g/mol. The zero-order valence-electron chi connectivity index (χ0n) is 12.8. The van der Waals surface area contributed by atoms with Crippen molar-refractivity contribution in [3.63, 3.8) is 0 Å². The maximum absolute atomic E-state index is 11.2. The summed E-state index contributed by atoms with van der Waals surface area (Å²) in [7, 11) is -3.04. The number of ether oxygens (including phenoxy) is 1. The number of nitrogens with one attached hydrogen (secondary N) is 1. The molecule has 0 spiro atoms. The van der Waals surface area contributed by atoms with Gasteiger partial charge in [0, 0.05) is 5.41 Å². The summed E-state index contributed by atoms with van der Waals surface area (Å²) in [6, 6.07) is -0.249. The molecule has 0 saturated carbocycles. The van der Waals surface area contributed by atoms with Crippen LogP contribution in [0.4, 0.5) is 0 Å². The third-order valence-corrected chi connectivity index (χ3v) is 5.10. The fraction of sp³-hybridized carbons (Fsp3) is 0.800. The molecule has 0 radical (unpaired) electrons. The lowest BCUT2D eigenvalue weighted by Crippen LogP contribution is -2.35. The van der Waals surface area contributed by atoms with Crippen LogP contribution in [0.15, 0.2) is 11.5 Å². The van der Waals surface area contributed by atoms with Gasteiger partial charge in [-0.1, -0.05) is 51.9 Å². The topological polar surface area (TPSA) is 55.4 Å². The lowest BCUT2D eigenvalue weighted by Gasteiger charge is -2.13. The van der Waals surface area contributed by atoms with Crippen molar-refractivity contribution in [1.29, 1.82) is 0 Å². The molecule has 0 aromatic heterocycles. The molecule has 0 bridgehead atoms. The van der Waals surface area contributed by atoms with Gasteiger partial charge in [-0.2, -0.15) is 0 Å². The molecular weight excluding hydrogens is 306 g/mol. The van der Waals surface area contributed by atoms with Gasteiger partial charge in [0.25, 0.3) is 5.17 Å². The molecule has 1 heterocycles.